The van der Waals surface area contributed by atoms with Crippen molar-refractivity contribution in [2.75, 3.05) is 19.7 Å². The van der Waals surface area contributed by atoms with E-state index in [9.17, 15) is 9.90 Å². The summed E-state index contributed by atoms with van der Waals surface area (Å²) in [5, 5.41) is 11.2. The number of rotatable bonds is 10. The molecule has 6 nitrogen and oxygen atoms in total. The third-order valence-electron chi connectivity index (χ3n) is 5.28. The maximum atomic E-state index is 12.7. The minimum Gasteiger partial charge on any atom is -0.389 e. The highest BCUT2D eigenvalue weighted by atomic mass is 32.1. The van der Waals surface area contributed by atoms with E-state index < -0.39 is 6.10 Å². The maximum Gasteiger partial charge on any atom is 0.259 e. The van der Waals surface area contributed by atoms with Crippen molar-refractivity contribution in [2.24, 2.45) is 0 Å². The molecule has 0 radical (unpaired) electrons. The highest BCUT2D eigenvalue weighted by Gasteiger charge is 2.21. The average molecular weight is 426 g/mol. The van der Waals surface area contributed by atoms with Gasteiger partial charge in [0.1, 0.15) is 10.7 Å². The number of benzene rings is 1. The lowest BCUT2D eigenvalue weighted by atomic mass is 10.2. The number of aliphatic hydroxyl groups is 1. The highest BCUT2D eigenvalue weighted by Crippen LogP contribution is 2.34. The number of hydrogen-bond donors (Lipinski definition) is 2. The van der Waals surface area contributed by atoms with Crippen molar-refractivity contribution in [3.05, 3.63) is 75.2 Å². The number of aromatic nitrogens is 2. The van der Waals surface area contributed by atoms with Gasteiger partial charge in [0.15, 0.2) is 0 Å². The van der Waals surface area contributed by atoms with Crippen LogP contribution in [0.4, 0.5) is 0 Å². The highest BCUT2D eigenvalue weighted by molar-refractivity contribution is 7.18. The van der Waals surface area contributed by atoms with Crippen LogP contribution in [0.25, 0.3) is 10.2 Å². The van der Waals surface area contributed by atoms with E-state index in [4.69, 9.17) is 9.72 Å². The van der Waals surface area contributed by atoms with Crippen molar-refractivity contribution in [3.63, 3.8) is 0 Å². The lowest BCUT2D eigenvalue weighted by Crippen LogP contribution is -2.35. The van der Waals surface area contributed by atoms with Gasteiger partial charge >= 0.3 is 0 Å². The third kappa shape index (κ3) is 4.87. The summed E-state index contributed by atoms with van der Waals surface area (Å²) in [4.78, 5) is 24.4. The predicted octanol–water partition coefficient (Wildman–Crippen LogP) is 3.04. The van der Waals surface area contributed by atoms with Gasteiger partial charge < -0.3 is 14.8 Å². The molecule has 1 unspecified atom stereocenters. The molecule has 0 saturated heterocycles. The molecule has 4 rings (SSSR count). The topological polar surface area (TPSA) is 78.5 Å². The smallest absolute Gasteiger partial charge is 0.259 e. The van der Waals surface area contributed by atoms with Gasteiger partial charge in [-0.3, -0.25) is 9.69 Å². The van der Waals surface area contributed by atoms with Crippen LogP contribution in [-0.4, -0.2) is 45.8 Å². The van der Waals surface area contributed by atoms with Crippen molar-refractivity contribution < 1.29 is 9.84 Å². The Morgan fingerprint density at radius 1 is 1.33 bits per heavy atom. The monoisotopic (exact) mass is 425 g/mol. The van der Waals surface area contributed by atoms with Crippen LogP contribution >= 0.6 is 11.3 Å². The van der Waals surface area contributed by atoms with E-state index in [2.05, 4.69) is 11.6 Å². The Labute approximate surface area is 179 Å². The van der Waals surface area contributed by atoms with E-state index >= 15 is 0 Å². The number of hydrogen-bond acceptors (Lipinski definition) is 6. The van der Waals surface area contributed by atoms with Crippen molar-refractivity contribution in [1.82, 2.24) is 14.9 Å². The predicted molar refractivity (Wildman–Crippen MR) is 120 cm³/mol. The number of H-pyrrole nitrogens is 1. The number of fused-ring (bicyclic) bond motifs is 3. The number of nitrogens with zero attached hydrogens (tertiary/aromatic N) is 2. The Kier molecular flexibility index (Phi) is 6.74. The molecule has 1 aliphatic carbocycles. The normalized spacial score (nSPS) is 14.3. The van der Waals surface area contributed by atoms with Crippen LogP contribution in [-0.2, 0) is 30.7 Å². The molecule has 0 spiro atoms. The zero-order valence-corrected chi connectivity index (χ0v) is 17.8. The zero-order valence-electron chi connectivity index (χ0n) is 17.0. The Morgan fingerprint density at radius 2 is 2.17 bits per heavy atom. The fourth-order valence-electron chi connectivity index (χ4n) is 3.96. The first-order valence-corrected chi connectivity index (χ1v) is 11.1. The molecular weight excluding hydrogens is 398 g/mol. The first-order chi connectivity index (χ1) is 14.6. The van der Waals surface area contributed by atoms with Gasteiger partial charge in [0, 0.05) is 18.0 Å². The van der Waals surface area contributed by atoms with Crippen LogP contribution < -0.4 is 5.56 Å². The minimum atomic E-state index is -0.644. The van der Waals surface area contributed by atoms with Gasteiger partial charge in [-0.05, 0) is 30.4 Å². The van der Waals surface area contributed by atoms with Gasteiger partial charge in [-0.25, -0.2) is 4.98 Å². The zero-order chi connectivity index (χ0) is 20.9. The summed E-state index contributed by atoms with van der Waals surface area (Å²) in [7, 11) is 0. The second-order valence-electron chi connectivity index (χ2n) is 7.69. The molecule has 0 amide bonds. The van der Waals surface area contributed by atoms with E-state index in [1.807, 2.05) is 35.2 Å². The quantitative estimate of drug-likeness (QED) is 0.488. The van der Waals surface area contributed by atoms with Crippen molar-refractivity contribution in [3.8, 4) is 0 Å². The van der Waals surface area contributed by atoms with Gasteiger partial charge in [-0.1, -0.05) is 36.4 Å². The molecule has 2 aromatic heterocycles. The molecule has 1 aromatic carbocycles. The third-order valence-corrected chi connectivity index (χ3v) is 6.46. The van der Waals surface area contributed by atoms with Gasteiger partial charge in [0.2, 0.25) is 0 Å². The fourth-order valence-corrected chi connectivity index (χ4v) is 5.24. The summed E-state index contributed by atoms with van der Waals surface area (Å²) < 4.78 is 5.65. The van der Waals surface area contributed by atoms with Gasteiger partial charge in [0.25, 0.3) is 5.56 Å². The first-order valence-electron chi connectivity index (χ1n) is 10.3. The van der Waals surface area contributed by atoms with Gasteiger partial charge in [-0.2, -0.15) is 0 Å². The molecule has 0 fully saturated rings. The molecule has 3 aromatic rings. The number of thiophene rings is 1. The summed E-state index contributed by atoms with van der Waals surface area (Å²) in [6.07, 6.45) is 4.28. The van der Waals surface area contributed by atoms with Gasteiger partial charge in [-0.15, -0.1) is 17.9 Å². The summed E-state index contributed by atoms with van der Waals surface area (Å²) >= 11 is 1.64. The van der Waals surface area contributed by atoms with E-state index in [0.29, 0.717) is 32.1 Å². The van der Waals surface area contributed by atoms with Crippen molar-refractivity contribution in [1.29, 1.82) is 0 Å². The lowest BCUT2D eigenvalue weighted by Gasteiger charge is -2.23. The first kappa shape index (κ1) is 20.9. The number of aryl methyl sites for hydroxylation is 2. The summed E-state index contributed by atoms with van der Waals surface area (Å²) in [6.45, 7) is 5.94. The molecule has 7 heteroatoms. The lowest BCUT2D eigenvalue weighted by molar-refractivity contribution is 0.0101. The fraction of sp³-hybridized carbons (Fsp3) is 0.391. The summed E-state index contributed by atoms with van der Waals surface area (Å²) in [5.41, 5.74) is 2.20. The van der Waals surface area contributed by atoms with E-state index in [1.165, 1.54) is 10.4 Å². The molecular formula is C23H27N3O3S. The van der Waals surface area contributed by atoms with Crippen LogP contribution in [0, 0.1) is 0 Å². The average Bonchev–Trinajstić information content (AvgIpc) is 3.30. The van der Waals surface area contributed by atoms with Crippen LogP contribution in [0.2, 0.25) is 0 Å². The Morgan fingerprint density at radius 3 is 2.97 bits per heavy atom. The van der Waals surface area contributed by atoms with Crippen molar-refractivity contribution in [2.45, 2.75) is 38.5 Å². The number of aromatic amines is 1. The molecule has 0 bridgehead atoms. The van der Waals surface area contributed by atoms with E-state index in [1.54, 1.807) is 17.4 Å². The maximum absolute atomic E-state index is 12.7. The van der Waals surface area contributed by atoms with Crippen molar-refractivity contribution >= 4 is 21.6 Å². The molecule has 30 heavy (non-hydrogen) atoms. The Balaban J connectivity index is 1.38. The summed E-state index contributed by atoms with van der Waals surface area (Å²) in [5.74, 6) is 0.617. The molecule has 2 heterocycles. The molecule has 0 aliphatic heterocycles. The largest absolute Gasteiger partial charge is 0.389 e. The SMILES string of the molecule is C=CCN(Cc1nc2sc3c(c2c(=O)[nH]1)CCC3)CC(O)COCc1ccccc1. The Bertz CT molecular complexity index is 1060. The second-order valence-corrected chi connectivity index (χ2v) is 8.77. The second kappa shape index (κ2) is 9.66. The van der Waals surface area contributed by atoms with Crippen LogP contribution in [0.5, 0.6) is 0 Å². The van der Waals surface area contributed by atoms with Gasteiger partial charge in [0.05, 0.1) is 31.2 Å². The van der Waals surface area contributed by atoms with Crippen LogP contribution in [0.15, 0.2) is 47.8 Å². The minimum absolute atomic E-state index is 0.0558. The van der Waals surface area contributed by atoms with E-state index in [0.717, 1.165) is 35.0 Å². The molecule has 1 atom stereocenters. The number of aliphatic hydroxyl groups excluding tert-OH is 1. The van der Waals surface area contributed by atoms with Crippen LogP contribution in [0.3, 0.4) is 0 Å². The molecule has 2 N–H and O–H groups in total. The van der Waals surface area contributed by atoms with Crippen LogP contribution in [0.1, 0.15) is 28.2 Å². The summed E-state index contributed by atoms with van der Waals surface area (Å²) in [6, 6.07) is 9.89. The molecule has 1 aliphatic rings. The molecule has 0 saturated carbocycles. The Hall–Kier alpha value is -2.32. The van der Waals surface area contributed by atoms with E-state index in [-0.39, 0.29) is 12.2 Å². The number of nitrogens with one attached hydrogen (secondary N) is 1. The standard InChI is InChI=1S/C23H27N3O3S/c1-2-11-26(12-17(27)15-29-14-16-7-4-3-5-8-16)13-20-24-22(28)21-18-9-6-10-19(18)30-23(21)25-20/h2-5,7-8,17,27H,1,6,9-15H2,(H,24,25,28). The number of ether oxygens (including phenoxy) is 1. The molecule has 158 valence electrons.